The summed E-state index contributed by atoms with van der Waals surface area (Å²) in [6.07, 6.45) is 7.96. The molecule has 1 atom stereocenters. The molecule has 1 aromatic carbocycles. The number of H-pyrrole nitrogens is 1. The van der Waals surface area contributed by atoms with Crippen LogP contribution in [0, 0.1) is 5.92 Å². The molecule has 0 spiro atoms. The Labute approximate surface area is 125 Å². The summed E-state index contributed by atoms with van der Waals surface area (Å²) in [5.41, 5.74) is 0.665. The first-order valence-electron chi connectivity index (χ1n) is 7.98. The van der Waals surface area contributed by atoms with E-state index in [0.717, 1.165) is 17.9 Å². The number of nitrogens with zero attached hydrogens (tertiary/aromatic N) is 1. The van der Waals surface area contributed by atoms with E-state index in [1.807, 2.05) is 18.2 Å². The molecule has 0 radical (unpaired) electrons. The Kier molecular flexibility index (Phi) is 4.23. The van der Waals surface area contributed by atoms with Crippen molar-refractivity contribution in [1.29, 1.82) is 0 Å². The van der Waals surface area contributed by atoms with E-state index in [9.17, 15) is 4.79 Å². The third-order valence-corrected chi connectivity index (χ3v) is 4.48. The van der Waals surface area contributed by atoms with E-state index < -0.39 is 0 Å². The number of para-hydroxylation sites is 1. The van der Waals surface area contributed by atoms with Gasteiger partial charge in [-0.05, 0) is 37.8 Å². The zero-order valence-electron chi connectivity index (χ0n) is 12.6. The number of benzene rings is 1. The Morgan fingerprint density at radius 3 is 2.90 bits per heavy atom. The van der Waals surface area contributed by atoms with Gasteiger partial charge in [0.2, 0.25) is 5.95 Å². The van der Waals surface area contributed by atoms with E-state index in [4.69, 9.17) is 0 Å². The van der Waals surface area contributed by atoms with E-state index in [1.165, 1.54) is 32.1 Å². The van der Waals surface area contributed by atoms with Gasteiger partial charge in [0.1, 0.15) is 0 Å². The Morgan fingerprint density at radius 2 is 2.10 bits per heavy atom. The van der Waals surface area contributed by atoms with Gasteiger partial charge in [-0.3, -0.25) is 9.78 Å². The van der Waals surface area contributed by atoms with Crippen molar-refractivity contribution in [3.05, 3.63) is 34.6 Å². The zero-order valence-corrected chi connectivity index (χ0v) is 12.6. The van der Waals surface area contributed by atoms with Gasteiger partial charge >= 0.3 is 0 Å². The van der Waals surface area contributed by atoms with Crippen molar-refractivity contribution in [1.82, 2.24) is 9.97 Å². The third-order valence-electron chi connectivity index (χ3n) is 4.48. The van der Waals surface area contributed by atoms with Crippen molar-refractivity contribution in [3.63, 3.8) is 0 Å². The highest BCUT2D eigenvalue weighted by Crippen LogP contribution is 2.29. The van der Waals surface area contributed by atoms with Crippen LogP contribution in [0.4, 0.5) is 5.95 Å². The quantitative estimate of drug-likeness (QED) is 0.880. The Morgan fingerprint density at radius 1 is 1.33 bits per heavy atom. The maximum atomic E-state index is 12.0. The third kappa shape index (κ3) is 3.43. The Bertz CT molecular complexity index is 658. The molecule has 1 saturated carbocycles. The molecule has 0 bridgehead atoms. The van der Waals surface area contributed by atoms with Crippen LogP contribution in [-0.2, 0) is 0 Å². The lowest BCUT2D eigenvalue weighted by atomic mass is 9.99. The molecule has 4 heteroatoms. The first-order chi connectivity index (χ1) is 10.2. The summed E-state index contributed by atoms with van der Waals surface area (Å²) in [4.78, 5) is 19.3. The van der Waals surface area contributed by atoms with Crippen LogP contribution in [0.15, 0.2) is 29.1 Å². The van der Waals surface area contributed by atoms with Crippen LogP contribution in [0.3, 0.4) is 0 Å². The van der Waals surface area contributed by atoms with E-state index in [0.29, 0.717) is 17.4 Å². The van der Waals surface area contributed by atoms with Gasteiger partial charge in [-0.25, -0.2) is 4.98 Å². The molecular weight excluding hydrogens is 262 g/mol. The van der Waals surface area contributed by atoms with Crippen LogP contribution in [0.1, 0.15) is 45.4 Å². The van der Waals surface area contributed by atoms with Gasteiger partial charge in [0.05, 0.1) is 10.9 Å². The molecule has 3 rings (SSSR count). The molecule has 1 aliphatic rings. The zero-order chi connectivity index (χ0) is 14.7. The lowest BCUT2D eigenvalue weighted by molar-refractivity contribution is 0.466. The van der Waals surface area contributed by atoms with Crippen molar-refractivity contribution in [2.24, 2.45) is 5.92 Å². The summed E-state index contributed by atoms with van der Waals surface area (Å²) in [6, 6.07) is 7.77. The lowest BCUT2D eigenvalue weighted by Crippen LogP contribution is -2.21. The lowest BCUT2D eigenvalue weighted by Gasteiger charge is -2.16. The van der Waals surface area contributed by atoms with Gasteiger partial charge in [-0.15, -0.1) is 0 Å². The first-order valence-corrected chi connectivity index (χ1v) is 7.98. The molecule has 2 aromatic rings. The van der Waals surface area contributed by atoms with E-state index in [-0.39, 0.29) is 5.56 Å². The van der Waals surface area contributed by atoms with Gasteiger partial charge in [-0.2, -0.15) is 0 Å². The summed E-state index contributed by atoms with van der Waals surface area (Å²) in [5, 5.41) is 3.97. The van der Waals surface area contributed by atoms with Gasteiger partial charge < -0.3 is 5.32 Å². The Hall–Kier alpha value is -1.84. The average Bonchev–Trinajstić information content (AvgIpc) is 2.98. The van der Waals surface area contributed by atoms with Gasteiger partial charge in [0, 0.05) is 6.04 Å². The predicted molar refractivity (Wildman–Crippen MR) is 86.6 cm³/mol. The van der Waals surface area contributed by atoms with Gasteiger partial charge in [0.15, 0.2) is 0 Å². The standard InChI is InChI=1S/C17H23N3O/c1-12(10-11-13-6-2-3-7-13)18-17-19-15-9-5-4-8-14(15)16(21)20-17/h4-5,8-9,12-13H,2-3,6-7,10-11H2,1H3,(H2,18,19,20,21). The van der Waals surface area contributed by atoms with Crippen molar-refractivity contribution in [2.75, 3.05) is 5.32 Å². The maximum absolute atomic E-state index is 12.0. The first kappa shape index (κ1) is 14.1. The van der Waals surface area contributed by atoms with Crippen LogP contribution in [0.2, 0.25) is 0 Å². The Balaban J connectivity index is 1.65. The van der Waals surface area contributed by atoms with Gasteiger partial charge in [-0.1, -0.05) is 37.8 Å². The highest BCUT2D eigenvalue weighted by Gasteiger charge is 2.16. The molecule has 21 heavy (non-hydrogen) atoms. The number of aromatic amines is 1. The maximum Gasteiger partial charge on any atom is 0.260 e. The molecule has 0 aliphatic heterocycles. The second kappa shape index (κ2) is 6.29. The normalized spacial score (nSPS) is 17.2. The fourth-order valence-corrected chi connectivity index (χ4v) is 3.25. The molecule has 0 amide bonds. The number of nitrogens with one attached hydrogen (secondary N) is 2. The fourth-order valence-electron chi connectivity index (χ4n) is 3.25. The van der Waals surface area contributed by atoms with Crippen LogP contribution in [0.5, 0.6) is 0 Å². The molecule has 1 aliphatic carbocycles. The number of aromatic nitrogens is 2. The molecule has 1 unspecified atom stereocenters. The SMILES string of the molecule is CC(CCC1CCCC1)Nc1nc2ccccc2c(=O)[nH]1. The molecule has 4 nitrogen and oxygen atoms in total. The van der Waals surface area contributed by atoms with E-state index in [2.05, 4.69) is 22.2 Å². The minimum atomic E-state index is -0.0777. The van der Waals surface area contributed by atoms with Crippen molar-refractivity contribution < 1.29 is 0 Å². The molecule has 2 N–H and O–H groups in total. The summed E-state index contributed by atoms with van der Waals surface area (Å²) in [5.74, 6) is 1.48. The minimum absolute atomic E-state index is 0.0777. The highest BCUT2D eigenvalue weighted by molar-refractivity contribution is 5.78. The second-order valence-corrected chi connectivity index (χ2v) is 6.20. The van der Waals surface area contributed by atoms with Gasteiger partial charge in [0.25, 0.3) is 5.56 Å². The van der Waals surface area contributed by atoms with Crippen molar-refractivity contribution >= 4 is 16.9 Å². The van der Waals surface area contributed by atoms with Crippen LogP contribution in [-0.4, -0.2) is 16.0 Å². The molecule has 112 valence electrons. The molecular formula is C17H23N3O. The highest BCUT2D eigenvalue weighted by atomic mass is 16.1. The van der Waals surface area contributed by atoms with E-state index >= 15 is 0 Å². The smallest absolute Gasteiger partial charge is 0.260 e. The summed E-state index contributed by atoms with van der Waals surface area (Å²) in [6.45, 7) is 2.16. The molecule has 1 aromatic heterocycles. The van der Waals surface area contributed by atoms with E-state index in [1.54, 1.807) is 6.07 Å². The van der Waals surface area contributed by atoms with Crippen LogP contribution < -0.4 is 10.9 Å². The largest absolute Gasteiger partial charge is 0.353 e. The predicted octanol–water partition coefficient (Wildman–Crippen LogP) is 3.69. The summed E-state index contributed by atoms with van der Waals surface area (Å²) in [7, 11) is 0. The second-order valence-electron chi connectivity index (χ2n) is 6.20. The number of anilines is 1. The van der Waals surface area contributed by atoms with Crippen molar-refractivity contribution in [3.8, 4) is 0 Å². The monoisotopic (exact) mass is 285 g/mol. The average molecular weight is 285 g/mol. The number of hydrogen-bond acceptors (Lipinski definition) is 3. The molecule has 1 fully saturated rings. The van der Waals surface area contributed by atoms with Crippen molar-refractivity contribution in [2.45, 2.75) is 51.5 Å². The number of rotatable bonds is 5. The number of hydrogen-bond donors (Lipinski definition) is 2. The topological polar surface area (TPSA) is 57.8 Å². The van der Waals surface area contributed by atoms with Crippen LogP contribution in [0.25, 0.3) is 10.9 Å². The number of fused-ring (bicyclic) bond motifs is 1. The molecule has 1 heterocycles. The summed E-state index contributed by atoms with van der Waals surface area (Å²) >= 11 is 0. The fraction of sp³-hybridized carbons (Fsp3) is 0.529. The summed E-state index contributed by atoms with van der Waals surface area (Å²) < 4.78 is 0. The minimum Gasteiger partial charge on any atom is -0.353 e. The van der Waals surface area contributed by atoms with Crippen LogP contribution >= 0.6 is 0 Å². The molecule has 0 saturated heterocycles.